The Bertz CT molecular complexity index is 809. The van der Waals surface area contributed by atoms with Crippen molar-refractivity contribution in [2.45, 2.75) is 64.8 Å². The first kappa shape index (κ1) is 19.1. The summed E-state index contributed by atoms with van der Waals surface area (Å²) >= 11 is 0. The molecule has 1 aliphatic carbocycles. The molecule has 0 bridgehead atoms. The van der Waals surface area contributed by atoms with Gasteiger partial charge in [0.2, 0.25) is 0 Å². The van der Waals surface area contributed by atoms with Gasteiger partial charge in [-0.1, -0.05) is 12.8 Å². The molecule has 2 heterocycles. The highest BCUT2D eigenvalue weighted by molar-refractivity contribution is 6.00. The average Bonchev–Trinajstić information content (AvgIpc) is 3.35. The number of piperidine rings is 1. The lowest BCUT2D eigenvalue weighted by Crippen LogP contribution is -2.29. The molecule has 0 radical (unpaired) electrons. The smallest absolute Gasteiger partial charge is 0.183 e. The first-order chi connectivity index (χ1) is 13.6. The Hall–Kier alpha value is -2.23. The number of aromatic nitrogens is 1. The van der Waals surface area contributed by atoms with Crippen LogP contribution in [-0.4, -0.2) is 30.0 Å². The molecular weight excluding hydrogens is 346 g/mol. The second-order valence-electron chi connectivity index (χ2n) is 8.46. The fourth-order valence-electron chi connectivity index (χ4n) is 5.00. The maximum atomic E-state index is 12.8. The minimum atomic E-state index is 0.178. The lowest BCUT2D eigenvalue weighted by Gasteiger charge is -2.28. The van der Waals surface area contributed by atoms with Crippen molar-refractivity contribution in [2.75, 3.05) is 29.9 Å². The molecule has 1 N–H and O–H groups in total. The molecule has 0 amide bonds. The van der Waals surface area contributed by atoms with E-state index < -0.39 is 0 Å². The predicted molar refractivity (Wildman–Crippen MR) is 117 cm³/mol. The van der Waals surface area contributed by atoms with Gasteiger partial charge < -0.3 is 14.8 Å². The summed E-state index contributed by atoms with van der Waals surface area (Å²) in [6, 6.07) is 11.2. The molecule has 2 aromatic rings. The van der Waals surface area contributed by atoms with E-state index in [9.17, 15) is 4.79 Å². The van der Waals surface area contributed by atoms with Gasteiger partial charge in [0.15, 0.2) is 5.78 Å². The van der Waals surface area contributed by atoms with E-state index >= 15 is 0 Å². The number of hydrogen-bond acceptors (Lipinski definition) is 3. The minimum Gasteiger partial charge on any atom is -0.378 e. The maximum Gasteiger partial charge on any atom is 0.183 e. The zero-order chi connectivity index (χ0) is 19.5. The third-order valence-electron chi connectivity index (χ3n) is 6.52. The molecule has 4 rings (SSSR count). The zero-order valence-corrected chi connectivity index (χ0v) is 17.3. The summed E-state index contributed by atoms with van der Waals surface area (Å²) in [4.78, 5) is 15.3. The molecule has 4 heteroatoms. The SMILES string of the molecule is Cc1cc(C(=O)CNc2ccc(N3CCCCC3)cc2)c(C)n1C1CCCC1. The van der Waals surface area contributed by atoms with Crippen molar-refractivity contribution in [3.8, 4) is 0 Å². The number of Topliss-reactive ketones (excluding diaryl/α,β-unsaturated/α-hetero) is 1. The monoisotopic (exact) mass is 379 g/mol. The second-order valence-corrected chi connectivity index (χ2v) is 8.46. The molecule has 1 saturated carbocycles. The van der Waals surface area contributed by atoms with Gasteiger partial charge in [-0.15, -0.1) is 0 Å². The van der Waals surface area contributed by atoms with Crippen LogP contribution in [0.1, 0.15) is 72.7 Å². The molecule has 2 fully saturated rings. The minimum absolute atomic E-state index is 0.178. The molecular formula is C24H33N3O. The summed E-state index contributed by atoms with van der Waals surface area (Å²) in [6.07, 6.45) is 9.01. The molecule has 4 nitrogen and oxygen atoms in total. The van der Waals surface area contributed by atoms with Gasteiger partial charge in [-0.3, -0.25) is 4.79 Å². The van der Waals surface area contributed by atoms with Gasteiger partial charge >= 0.3 is 0 Å². The molecule has 1 aromatic heterocycles. The van der Waals surface area contributed by atoms with Gasteiger partial charge in [-0.25, -0.2) is 0 Å². The molecule has 28 heavy (non-hydrogen) atoms. The van der Waals surface area contributed by atoms with Crippen molar-refractivity contribution >= 4 is 17.2 Å². The Kier molecular flexibility index (Phi) is 5.74. The second kappa shape index (κ2) is 8.42. The Labute approximate surface area is 168 Å². The topological polar surface area (TPSA) is 37.3 Å². The molecule has 2 aliphatic rings. The molecule has 0 spiro atoms. The van der Waals surface area contributed by atoms with Crippen molar-refractivity contribution in [3.05, 3.63) is 47.3 Å². The standard InChI is InChI=1S/C24H33N3O/c1-18-16-23(19(2)27(18)22-8-4-5-9-22)24(28)17-25-20-10-12-21(13-11-20)26-14-6-3-7-15-26/h10-13,16,22,25H,3-9,14-15,17H2,1-2H3. The molecule has 0 unspecified atom stereocenters. The average molecular weight is 380 g/mol. The van der Waals surface area contributed by atoms with Gasteiger partial charge in [0.1, 0.15) is 0 Å². The number of anilines is 2. The van der Waals surface area contributed by atoms with Gasteiger partial charge in [0.25, 0.3) is 0 Å². The largest absolute Gasteiger partial charge is 0.378 e. The summed E-state index contributed by atoms with van der Waals surface area (Å²) in [5.74, 6) is 0.178. The fourth-order valence-corrected chi connectivity index (χ4v) is 5.00. The number of rotatable bonds is 6. The molecule has 150 valence electrons. The summed E-state index contributed by atoms with van der Waals surface area (Å²) in [5, 5.41) is 3.32. The van der Waals surface area contributed by atoms with E-state index in [-0.39, 0.29) is 5.78 Å². The van der Waals surface area contributed by atoms with Crippen LogP contribution in [0.3, 0.4) is 0 Å². The number of ketones is 1. The highest BCUT2D eigenvalue weighted by Gasteiger charge is 2.23. The van der Waals surface area contributed by atoms with Crippen LogP contribution >= 0.6 is 0 Å². The van der Waals surface area contributed by atoms with Crippen molar-refractivity contribution in [2.24, 2.45) is 0 Å². The van der Waals surface area contributed by atoms with Crippen LogP contribution in [0.5, 0.6) is 0 Å². The Morgan fingerprint density at radius 1 is 1.00 bits per heavy atom. The summed E-state index contributed by atoms with van der Waals surface area (Å²) in [7, 11) is 0. The van der Waals surface area contributed by atoms with E-state index in [0.29, 0.717) is 12.6 Å². The highest BCUT2D eigenvalue weighted by atomic mass is 16.1. The van der Waals surface area contributed by atoms with Gasteiger partial charge in [-0.2, -0.15) is 0 Å². The maximum absolute atomic E-state index is 12.8. The van der Waals surface area contributed by atoms with Crippen LogP contribution in [0.4, 0.5) is 11.4 Å². The van der Waals surface area contributed by atoms with Gasteiger partial charge in [0, 0.05) is 47.5 Å². The molecule has 1 aromatic carbocycles. The Balaban J connectivity index is 1.38. The number of nitrogens with zero attached hydrogens (tertiary/aromatic N) is 2. The molecule has 0 atom stereocenters. The number of hydrogen-bond donors (Lipinski definition) is 1. The lowest BCUT2D eigenvalue weighted by molar-refractivity contribution is 0.101. The highest BCUT2D eigenvalue weighted by Crippen LogP contribution is 2.33. The number of carbonyl (C=O) groups excluding carboxylic acids is 1. The van der Waals surface area contributed by atoms with E-state index in [1.54, 1.807) is 0 Å². The van der Waals surface area contributed by atoms with Crippen LogP contribution in [0.15, 0.2) is 30.3 Å². The first-order valence-electron chi connectivity index (χ1n) is 10.9. The molecule has 1 aliphatic heterocycles. The predicted octanol–water partition coefficient (Wildman–Crippen LogP) is 5.51. The summed E-state index contributed by atoms with van der Waals surface area (Å²) < 4.78 is 2.40. The number of nitrogens with one attached hydrogen (secondary N) is 1. The first-order valence-corrected chi connectivity index (χ1v) is 10.9. The number of carbonyl (C=O) groups is 1. The fraction of sp³-hybridized carbons (Fsp3) is 0.542. The third kappa shape index (κ3) is 3.96. The van der Waals surface area contributed by atoms with Crippen LogP contribution in [-0.2, 0) is 0 Å². The quantitative estimate of drug-likeness (QED) is 0.673. The summed E-state index contributed by atoms with van der Waals surface area (Å²) in [5.41, 5.74) is 5.53. The van der Waals surface area contributed by atoms with Crippen LogP contribution in [0, 0.1) is 13.8 Å². The van der Waals surface area contributed by atoms with Gasteiger partial charge in [0.05, 0.1) is 6.54 Å². The van der Waals surface area contributed by atoms with E-state index in [0.717, 1.165) is 30.0 Å². The van der Waals surface area contributed by atoms with E-state index in [4.69, 9.17) is 0 Å². The van der Waals surface area contributed by atoms with Crippen molar-refractivity contribution < 1.29 is 4.79 Å². The van der Waals surface area contributed by atoms with E-state index in [1.807, 2.05) is 0 Å². The van der Waals surface area contributed by atoms with E-state index in [1.165, 1.54) is 56.3 Å². The van der Waals surface area contributed by atoms with Crippen molar-refractivity contribution in [1.29, 1.82) is 0 Å². The molecule has 1 saturated heterocycles. The Morgan fingerprint density at radius 2 is 1.68 bits per heavy atom. The zero-order valence-electron chi connectivity index (χ0n) is 17.3. The number of aryl methyl sites for hydroxylation is 1. The normalized spacial score (nSPS) is 17.9. The lowest BCUT2D eigenvalue weighted by atomic mass is 10.1. The van der Waals surface area contributed by atoms with Crippen molar-refractivity contribution in [1.82, 2.24) is 4.57 Å². The summed E-state index contributed by atoms with van der Waals surface area (Å²) in [6.45, 7) is 6.89. The van der Waals surface area contributed by atoms with E-state index in [2.05, 4.69) is 59.0 Å². The van der Waals surface area contributed by atoms with Crippen molar-refractivity contribution in [3.63, 3.8) is 0 Å². The third-order valence-corrected chi connectivity index (χ3v) is 6.52. The van der Waals surface area contributed by atoms with Crippen LogP contribution in [0.25, 0.3) is 0 Å². The van der Waals surface area contributed by atoms with Crippen LogP contribution < -0.4 is 10.2 Å². The van der Waals surface area contributed by atoms with Crippen LogP contribution in [0.2, 0.25) is 0 Å². The van der Waals surface area contributed by atoms with Gasteiger partial charge in [-0.05, 0) is 76.3 Å². The Morgan fingerprint density at radius 3 is 2.36 bits per heavy atom. The number of benzene rings is 1.